The van der Waals surface area contributed by atoms with E-state index >= 15 is 0 Å². The van der Waals surface area contributed by atoms with Crippen molar-refractivity contribution in [3.8, 4) is 0 Å². The number of likely N-dealkylation sites (N-methyl/N-ethyl adjacent to an activating group) is 1. The average Bonchev–Trinajstić information content (AvgIpc) is 2.56. The van der Waals surface area contributed by atoms with Crippen LogP contribution in [0.25, 0.3) is 0 Å². The Labute approximate surface area is 124 Å². The van der Waals surface area contributed by atoms with Crippen LogP contribution in [-0.4, -0.2) is 44.5 Å². The van der Waals surface area contributed by atoms with Gasteiger partial charge in [-0.3, -0.25) is 9.97 Å². The highest BCUT2D eigenvalue weighted by molar-refractivity contribution is 5.53. The van der Waals surface area contributed by atoms with Gasteiger partial charge < -0.3 is 10.2 Å². The zero-order chi connectivity index (χ0) is 14.5. The van der Waals surface area contributed by atoms with Crippen LogP contribution in [0.15, 0.2) is 31.0 Å². The SMILES string of the molecule is CCN1CCC[C@@H](c2nccnc2Nc2cnccn2)C1. The van der Waals surface area contributed by atoms with E-state index in [4.69, 9.17) is 0 Å². The van der Waals surface area contributed by atoms with E-state index in [1.165, 1.54) is 13.0 Å². The van der Waals surface area contributed by atoms with Crippen molar-refractivity contribution in [1.29, 1.82) is 0 Å². The van der Waals surface area contributed by atoms with Crippen molar-refractivity contribution < 1.29 is 0 Å². The Morgan fingerprint density at radius 3 is 2.86 bits per heavy atom. The molecule has 0 aromatic carbocycles. The minimum Gasteiger partial charge on any atom is -0.322 e. The number of piperidine rings is 1. The Morgan fingerprint density at radius 1 is 1.19 bits per heavy atom. The summed E-state index contributed by atoms with van der Waals surface area (Å²) in [7, 11) is 0. The van der Waals surface area contributed by atoms with Gasteiger partial charge in [-0.25, -0.2) is 9.97 Å². The van der Waals surface area contributed by atoms with Crippen molar-refractivity contribution in [3.05, 3.63) is 36.7 Å². The van der Waals surface area contributed by atoms with Crippen LogP contribution >= 0.6 is 0 Å². The third kappa shape index (κ3) is 3.33. The molecule has 1 N–H and O–H groups in total. The van der Waals surface area contributed by atoms with Crippen LogP contribution in [0.1, 0.15) is 31.4 Å². The highest BCUT2D eigenvalue weighted by Gasteiger charge is 2.24. The van der Waals surface area contributed by atoms with Crippen molar-refractivity contribution in [2.45, 2.75) is 25.7 Å². The molecule has 110 valence electrons. The van der Waals surface area contributed by atoms with Crippen LogP contribution in [0.5, 0.6) is 0 Å². The second kappa shape index (κ2) is 6.58. The molecule has 0 unspecified atom stereocenters. The molecule has 3 rings (SSSR count). The Kier molecular flexibility index (Phi) is 4.35. The molecule has 1 saturated heterocycles. The van der Waals surface area contributed by atoms with E-state index in [2.05, 4.69) is 37.1 Å². The highest BCUT2D eigenvalue weighted by Crippen LogP contribution is 2.29. The zero-order valence-corrected chi connectivity index (χ0v) is 12.2. The van der Waals surface area contributed by atoms with Gasteiger partial charge in [0.15, 0.2) is 5.82 Å². The molecule has 1 aliphatic heterocycles. The summed E-state index contributed by atoms with van der Waals surface area (Å²) in [5, 5.41) is 3.24. The second-order valence-corrected chi connectivity index (χ2v) is 5.24. The quantitative estimate of drug-likeness (QED) is 0.928. The molecule has 6 heteroatoms. The van der Waals surface area contributed by atoms with Gasteiger partial charge in [0.25, 0.3) is 0 Å². The molecular weight excluding hydrogens is 264 g/mol. The van der Waals surface area contributed by atoms with Crippen LogP contribution in [0, 0.1) is 0 Å². The second-order valence-electron chi connectivity index (χ2n) is 5.24. The first-order valence-corrected chi connectivity index (χ1v) is 7.43. The van der Waals surface area contributed by atoms with Crippen molar-refractivity contribution in [1.82, 2.24) is 24.8 Å². The molecule has 3 heterocycles. The van der Waals surface area contributed by atoms with E-state index in [9.17, 15) is 0 Å². The molecule has 0 spiro atoms. The van der Waals surface area contributed by atoms with E-state index in [1.807, 2.05) is 0 Å². The highest BCUT2D eigenvalue weighted by atomic mass is 15.1. The summed E-state index contributed by atoms with van der Waals surface area (Å²) in [4.78, 5) is 19.8. The molecule has 0 amide bonds. The van der Waals surface area contributed by atoms with E-state index in [-0.39, 0.29) is 0 Å². The first kappa shape index (κ1) is 13.9. The molecule has 2 aromatic rings. The molecule has 2 aromatic heterocycles. The average molecular weight is 284 g/mol. The number of nitrogens with zero attached hydrogens (tertiary/aromatic N) is 5. The largest absolute Gasteiger partial charge is 0.322 e. The Hall–Kier alpha value is -2.08. The standard InChI is InChI=1S/C15H20N6/c1-2-21-9-3-4-12(11-21)14-15(19-8-7-18-14)20-13-10-16-5-6-17-13/h5-8,10,12H,2-4,9,11H2,1H3,(H,17,19,20)/t12-/m1/s1. The van der Waals surface area contributed by atoms with Gasteiger partial charge in [0.2, 0.25) is 0 Å². The molecule has 6 nitrogen and oxygen atoms in total. The lowest BCUT2D eigenvalue weighted by Gasteiger charge is -2.31. The lowest BCUT2D eigenvalue weighted by atomic mass is 9.94. The fourth-order valence-electron chi connectivity index (χ4n) is 2.79. The van der Waals surface area contributed by atoms with E-state index in [0.717, 1.165) is 31.0 Å². The predicted molar refractivity (Wildman–Crippen MR) is 81.4 cm³/mol. The summed E-state index contributed by atoms with van der Waals surface area (Å²) in [6.45, 7) is 5.52. The van der Waals surface area contributed by atoms with E-state index in [0.29, 0.717) is 11.7 Å². The van der Waals surface area contributed by atoms with Crippen molar-refractivity contribution in [2.75, 3.05) is 25.0 Å². The third-order valence-corrected chi connectivity index (χ3v) is 3.88. The van der Waals surface area contributed by atoms with Gasteiger partial charge in [-0.15, -0.1) is 0 Å². The number of hydrogen-bond acceptors (Lipinski definition) is 6. The minimum atomic E-state index is 0.423. The molecule has 1 fully saturated rings. The smallest absolute Gasteiger partial charge is 0.153 e. The number of hydrogen-bond donors (Lipinski definition) is 1. The maximum absolute atomic E-state index is 4.57. The van der Waals surface area contributed by atoms with Gasteiger partial charge in [-0.2, -0.15) is 0 Å². The van der Waals surface area contributed by atoms with Gasteiger partial charge >= 0.3 is 0 Å². The first-order valence-electron chi connectivity index (χ1n) is 7.43. The predicted octanol–water partition coefficient (Wildman–Crippen LogP) is 2.21. The minimum absolute atomic E-state index is 0.423. The number of nitrogens with one attached hydrogen (secondary N) is 1. The van der Waals surface area contributed by atoms with Gasteiger partial charge in [-0.05, 0) is 25.9 Å². The van der Waals surface area contributed by atoms with E-state index < -0.39 is 0 Å². The summed E-state index contributed by atoms with van der Waals surface area (Å²) in [5.74, 6) is 1.91. The number of anilines is 2. The fraction of sp³-hybridized carbons (Fsp3) is 0.467. The lowest BCUT2D eigenvalue weighted by molar-refractivity contribution is 0.216. The molecule has 1 atom stereocenters. The van der Waals surface area contributed by atoms with Gasteiger partial charge in [0.05, 0.1) is 11.9 Å². The summed E-state index contributed by atoms with van der Waals surface area (Å²) < 4.78 is 0. The monoisotopic (exact) mass is 284 g/mol. The molecule has 0 aliphatic carbocycles. The Bertz CT molecular complexity index is 573. The summed E-state index contributed by atoms with van der Waals surface area (Å²) >= 11 is 0. The van der Waals surface area contributed by atoms with Gasteiger partial charge in [-0.1, -0.05) is 6.92 Å². The summed E-state index contributed by atoms with van der Waals surface area (Å²) in [6.07, 6.45) is 10.9. The zero-order valence-electron chi connectivity index (χ0n) is 12.2. The lowest BCUT2D eigenvalue weighted by Crippen LogP contribution is -2.34. The molecule has 0 bridgehead atoms. The first-order chi connectivity index (χ1) is 10.4. The van der Waals surface area contributed by atoms with Crippen LogP contribution < -0.4 is 5.32 Å². The molecule has 0 saturated carbocycles. The van der Waals surface area contributed by atoms with Crippen molar-refractivity contribution in [2.24, 2.45) is 0 Å². The summed E-state index contributed by atoms with van der Waals surface area (Å²) in [6, 6.07) is 0. The number of rotatable bonds is 4. The maximum atomic E-state index is 4.57. The van der Waals surface area contributed by atoms with Crippen molar-refractivity contribution >= 4 is 11.6 Å². The fourth-order valence-corrected chi connectivity index (χ4v) is 2.79. The van der Waals surface area contributed by atoms with Crippen LogP contribution in [0.3, 0.4) is 0 Å². The van der Waals surface area contributed by atoms with Crippen LogP contribution in [-0.2, 0) is 0 Å². The molecule has 21 heavy (non-hydrogen) atoms. The topological polar surface area (TPSA) is 66.8 Å². The van der Waals surface area contributed by atoms with Crippen LogP contribution in [0.2, 0.25) is 0 Å². The maximum Gasteiger partial charge on any atom is 0.153 e. The molecular formula is C15H20N6. The van der Waals surface area contributed by atoms with Gasteiger partial charge in [0.1, 0.15) is 5.82 Å². The normalized spacial score (nSPS) is 19.4. The molecule has 1 aliphatic rings. The summed E-state index contributed by atoms with van der Waals surface area (Å²) in [5.41, 5.74) is 1.03. The number of aromatic nitrogens is 4. The van der Waals surface area contributed by atoms with Crippen LogP contribution in [0.4, 0.5) is 11.6 Å². The van der Waals surface area contributed by atoms with Gasteiger partial charge in [0, 0.05) is 37.3 Å². The Balaban J connectivity index is 1.82. The number of likely N-dealkylation sites (tertiary alicyclic amines) is 1. The van der Waals surface area contributed by atoms with Crippen molar-refractivity contribution in [3.63, 3.8) is 0 Å². The molecule has 0 radical (unpaired) electrons. The Morgan fingerprint density at radius 2 is 2.05 bits per heavy atom. The van der Waals surface area contributed by atoms with E-state index in [1.54, 1.807) is 31.0 Å². The third-order valence-electron chi connectivity index (χ3n) is 3.88.